The van der Waals surface area contributed by atoms with E-state index >= 15 is 0 Å². The summed E-state index contributed by atoms with van der Waals surface area (Å²) < 4.78 is 22.9. The van der Waals surface area contributed by atoms with Crippen molar-refractivity contribution in [1.82, 2.24) is 9.88 Å². The topological polar surface area (TPSA) is 79.4 Å². The summed E-state index contributed by atoms with van der Waals surface area (Å²) in [7, 11) is -2.92. The number of anilines is 1. The van der Waals surface area contributed by atoms with Gasteiger partial charge in [-0.3, -0.25) is 9.78 Å². The van der Waals surface area contributed by atoms with Crippen molar-refractivity contribution in [2.75, 3.05) is 29.9 Å². The lowest BCUT2D eigenvalue weighted by Crippen LogP contribution is -2.30. The molecule has 1 atom stereocenters. The molecular formula is C14H21N3O3S. The predicted molar refractivity (Wildman–Crippen MR) is 82.2 cm³/mol. The monoisotopic (exact) mass is 311 g/mol. The molecule has 7 heteroatoms. The Labute approximate surface area is 125 Å². The maximum Gasteiger partial charge on any atom is 0.255 e. The van der Waals surface area contributed by atoms with E-state index in [4.69, 9.17) is 0 Å². The zero-order chi connectivity index (χ0) is 15.5. The molecule has 1 amide bonds. The third-order valence-electron chi connectivity index (χ3n) is 3.64. The zero-order valence-electron chi connectivity index (χ0n) is 12.4. The zero-order valence-corrected chi connectivity index (χ0v) is 13.2. The average molecular weight is 311 g/mol. The Balaban J connectivity index is 2.09. The van der Waals surface area contributed by atoms with Crippen LogP contribution in [0, 0.1) is 0 Å². The van der Waals surface area contributed by atoms with E-state index in [1.807, 2.05) is 13.8 Å². The lowest BCUT2D eigenvalue weighted by atomic mass is 10.2. The molecule has 1 aliphatic heterocycles. The number of hydrogen-bond acceptors (Lipinski definition) is 5. The molecule has 0 radical (unpaired) electrons. The van der Waals surface area contributed by atoms with E-state index in [2.05, 4.69) is 10.3 Å². The lowest BCUT2D eigenvalue weighted by Gasteiger charge is -2.19. The second-order valence-electron chi connectivity index (χ2n) is 5.18. The summed E-state index contributed by atoms with van der Waals surface area (Å²) in [6, 6.07) is 1.63. The van der Waals surface area contributed by atoms with Gasteiger partial charge in [-0.15, -0.1) is 0 Å². The van der Waals surface area contributed by atoms with Crippen LogP contribution in [-0.4, -0.2) is 54.8 Å². The van der Waals surface area contributed by atoms with Gasteiger partial charge in [-0.2, -0.15) is 0 Å². The second kappa shape index (κ2) is 6.43. The highest BCUT2D eigenvalue weighted by molar-refractivity contribution is 7.91. The number of rotatable bonds is 5. The molecule has 116 valence electrons. The van der Waals surface area contributed by atoms with E-state index < -0.39 is 9.84 Å². The van der Waals surface area contributed by atoms with Gasteiger partial charge in [0.05, 0.1) is 22.8 Å². The van der Waals surface area contributed by atoms with E-state index in [0.717, 1.165) is 0 Å². The van der Waals surface area contributed by atoms with E-state index in [1.165, 1.54) is 6.20 Å². The molecule has 6 nitrogen and oxygen atoms in total. The Morgan fingerprint density at radius 2 is 2.10 bits per heavy atom. The van der Waals surface area contributed by atoms with Crippen LogP contribution < -0.4 is 5.32 Å². The standard InChI is InChI=1S/C14H21N3O3S/c1-3-17(4-2)14(18)11-7-13(9-15-8-11)16-12-5-6-21(19,20)10-12/h7-9,12,16H,3-6,10H2,1-2H3. The number of pyridine rings is 1. The molecule has 1 unspecified atom stereocenters. The van der Waals surface area contributed by atoms with Gasteiger partial charge < -0.3 is 10.2 Å². The minimum atomic E-state index is -2.92. The summed E-state index contributed by atoms with van der Waals surface area (Å²) >= 11 is 0. The van der Waals surface area contributed by atoms with Crippen molar-refractivity contribution in [1.29, 1.82) is 0 Å². The molecule has 0 saturated carbocycles. The summed E-state index contributed by atoms with van der Waals surface area (Å²) in [5.74, 6) is 0.299. The molecule has 21 heavy (non-hydrogen) atoms. The van der Waals surface area contributed by atoms with Gasteiger partial charge in [-0.25, -0.2) is 8.42 Å². The Morgan fingerprint density at radius 3 is 2.67 bits per heavy atom. The van der Waals surface area contributed by atoms with Crippen molar-refractivity contribution in [3.63, 3.8) is 0 Å². The van der Waals surface area contributed by atoms with E-state index in [-0.39, 0.29) is 23.5 Å². The molecule has 1 aromatic rings. The Hall–Kier alpha value is -1.63. The van der Waals surface area contributed by atoms with Gasteiger partial charge in [-0.05, 0) is 26.3 Å². The number of nitrogens with one attached hydrogen (secondary N) is 1. The van der Waals surface area contributed by atoms with Crippen LogP contribution in [0.4, 0.5) is 5.69 Å². The maximum atomic E-state index is 12.3. The van der Waals surface area contributed by atoms with Crippen LogP contribution in [0.3, 0.4) is 0 Å². The van der Waals surface area contributed by atoms with Gasteiger partial charge in [-0.1, -0.05) is 0 Å². The highest BCUT2D eigenvalue weighted by Crippen LogP contribution is 2.18. The van der Waals surface area contributed by atoms with Crippen molar-refractivity contribution >= 4 is 21.4 Å². The van der Waals surface area contributed by atoms with Gasteiger partial charge in [0.15, 0.2) is 9.84 Å². The molecule has 0 aliphatic carbocycles. The molecule has 1 saturated heterocycles. The molecular weight excluding hydrogens is 290 g/mol. The number of carbonyl (C=O) groups is 1. The first-order chi connectivity index (χ1) is 9.95. The normalized spacial score (nSPS) is 20.2. The van der Waals surface area contributed by atoms with Crippen molar-refractivity contribution in [3.05, 3.63) is 24.0 Å². The Bertz CT molecular complexity index is 612. The third kappa shape index (κ3) is 3.93. The number of amides is 1. The third-order valence-corrected chi connectivity index (χ3v) is 5.41. The maximum absolute atomic E-state index is 12.3. The van der Waals surface area contributed by atoms with Gasteiger partial charge in [0, 0.05) is 31.5 Å². The highest BCUT2D eigenvalue weighted by atomic mass is 32.2. The van der Waals surface area contributed by atoms with Gasteiger partial charge in [0.1, 0.15) is 0 Å². The molecule has 1 aliphatic rings. The lowest BCUT2D eigenvalue weighted by molar-refractivity contribution is 0.0772. The molecule has 0 bridgehead atoms. The van der Waals surface area contributed by atoms with Gasteiger partial charge >= 0.3 is 0 Å². The minimum absolute atomic E-state index is 0.0600. The minimum Gasteiger partial charge on any atom is -0.380 e. The molecule has 0 spiro atoms. The Morgan fingerprint density at radius 1 is 1.38 bits per heavy atom. The summed E-state index contributed by atoms with van der Waals surface area (Å²) in [4.78, 5) is 18.1. The SMILES string of the molecule is CCN(CC)C(=O)c1cncc(NC2CCS(=O)(=O)C2)c1. The quantitative estimate of drug-likeness (QED) is 0.883. The molecule has 2 rings (SSSR count). The molecule has 1 N–H and O–H groups in total. The van der Waals surface area contributed by atoms with Crippen LogP contribution >= 0.6 is 0 Å². The van der Waals surface area contributed by atoms with Crippen molar-refractivity contribution in [2.45, 2.75) is 26.3 Å². The van der Waals surface area contributed by atoms with Crippen LogP contribution in [0.25, 0.3) is 0 Å². The highest BCUT2D eigenvalue weighted by Gasteiger charge is 2.27. The number of hydrogen-bond donors (Lipinski definition) is 1. The van der Waals surface area contributed by atoms with Crippen LogP contribution in [0.2, 0.25) is 0 Å². The fraction of sp³-hybridized carbons (Fsp3) is 0.571. The van der Waals surface area contributed by atoms with E-state index in [1.54, 1.807) is 17.2 Å². The van der Waals surface area contributed by atoms with Crippen LogP contribution in [-0.2, 0) is 9.84 Å². The number of carbonyl (C=O) groups excluding carboxylic acids is 1. The second-order valence-corrected chi connectivity index (χ2v) is 7.41. The fourth-order valence-electron chi connectivity index (χ4n) is 2.47. The van der Waals surface area contributed by atoms with Gasteiger partial charge in [0.2, 0.25) is 0 Å². The predicted octanol–water partition coefficient (Wildman–Crippen LogP) is 1.16. The molecule has 0 aromatic carbocycles. The van der Waals surface area contributed by atoms with Gasteiger partial charge in [0.25, 0.3) is 5.91 Å². The first kappa shape index (κ1) is 15.8. The van der Waals surface area contributed by atoms with E-state index in [0.29, 0.717) is 30.8 Å². The largest absolute Gasteiger partial charge is 0.380 e. The molecule has 1 aromatic heterocycles. The number of nitrogens with zero attached hydrogens (tertiary/aromatic N) is 2. The smallest absolute Gasteiger partial charge is 0.255 e. The number of aromatic nitrogens is 1. The molecule has 2 heterocycles. The first-order valence-corrected chi connectivity index (χ1v) is 8.98. The Kier molecular flexibility index (Phi) is 4.82. The van der Waals surface area contributed by atoms with Crippen LogP contribution in [0.15, 0.2) is 18.5 Å². The van der Waals surface area contributed by atoms with E-state index in [9.17, 15) is 13.2 Å². The summed E-state index contributed by atoms with van der Waals surface area (Å²) in [5, 5.41) is 3.15. The average Bonchev–Trinajstić information content (AvgIpc) is 2.79. The summed E-state index contributed by atoms with van der Waals surface area (Å²) in [5.41, 5.74) is 1.21. The molecule has 1 fully saturated rings. The first-order valence-electron chi connectivity index (χ1n) is 7.16. The van der Waals surface area contributed by atoms with Crippen LogP contribution in [0.1, 0.15) is 30.6 Å². The fourth-order valence-corrected chi connectivity index (χ4v) is 4.15. The summed E-state index contributed by atoms with van der Waals surface area (Å²) in [6.07, 6.45) is 3.75. The van der Waals surface area contributed by atoms with Crippen molar-refractivity contribution in [3.8, 4) is 0 Å². The van der Waals surface area contributed by atoms with Crippen molar-refractivity contribution < 1.29 is 13.2 Å². The van der Waals surface area contributed by atoms with Crippen molar-refractivity contribution in [2.24, 2.45) is 0 Å². The number of sulfone groups is 1. The van der Waals surface area contributed by atoms with Crippen LogP contribution in [0.5, 0.6) is 0 Å². The summed E-state index contributed by atoms with van der Waals surface area (Å²) in [6.45, 7) is 5.16.